The first-order valence-electron chi connectivity index (χ1n) is 8.45. The summed E-state index contributed by atoms with van der Waals surface area (Å²) in [7, 11) is 0. The summed E-state index contributed by atoms with van der Waals surface area (Å²) in [4.78, 5) is 16.4. The van der Waals surface area contributed by atoms with Crippen LogP contribution in [0.15, 0.2) is 28.8 Å². The van der Waals surface area contributed by atoms with Gasteiger partial charge in [-0.25, -0.2) is 0 Å². The number of aryl methyl sites for hydroxylation is 1. The van der Waals surface area contributed by atoms with Crippen LogP contribution in [0.2, 0.25) is 0 Å². The summed E-state index contributed by atoms with van der Waals surface area (Å²) in [6.07, 6.45) is 4.71. The smallest absolute Gasteiger partial charge is 0.251 e. The van der Waals surface area contributed by atoms with Gasteiger partial charge >= 0.3 is 0 Å². The van der Waals surface area contributed by atoms with E-state index in [1.807, 2.05) is 0 Å². The molecule has 0 spiro atoms. The number of hydrogen-bond donors (Lipinski definition) is 1. The van der Waals surface area contributed by atoms with Gasteiger partial charge in [0.05, 0.1) is 0 Å². The van der Waals surface area contributed by atoms with Gasteiger partial charge < -0.3 is 14.6 Å². The Bertz CT molecular complexity index is 681. The monoisotopic (exact) mass is 329 g/mol. The van der Waals surface area contributed by atoms with Gasteiger partial charge in [-0.15, -0.1) is 0 Å². The van der Waals surface area contributed by atoms with Crippen LogP contribution in [0.4, 0.5) is 0 Å². The molecule has 1 N–H and O–H groups in total. The Labute approximate surface area is 141 Å². The van der Waals surface area contributed by atoms with Crippen molar-refractivity contribution >= 4 is 5.91 Å². The topological polar surface area (TPSA) is 77.2 Å². The van der Waals surface area contributed by atoms with Crippen molar-refractivity contribution in [3.05, 3.63) is 41.5 Å². The summed E-state index contributed by atoms with van der Waals surface area (Å²) in [5.41, 5.74) is 0.649. The SMILES string of the molecule is Cc1nc(COc2ccc(C(=O)N[C@H]3CCCC[C@@H]3C)cc2)no1. The second-order valence-corrected chi connectivity index (χ2v) is 6.38. The number of nitrogens with one attached hydrogen (secondary N) is 1. The van der Waals surface area contributed by atoms with E-state index in [0.717, 1.165) is 6.42 Å². The fourth-order valence-electron chi connectivity index (χ4n) is 3.03. The first-order chi connectivity index (χ1) is 11.6. The summed E-state index contributed by atoms with van der Waals surface area (Å²) in [5.74, 6) is 2.20. The first-order valence-corrected chi connectivity index (χ1v) is 8.45. The molecule has 128 valence electrons. The van der Waals surface area contributed by atoms with E-state index in [1.165, 1.54) is 19.3 Å². The zero-order valence-corrected chi connectivity index (χ0v) is 14.1. The molecule has 1 aromatic heterocycles. The number of aromatic nitrogens is 2. The Morgan fingerprint density at radius 1 is 1.29 bits per heavy atom. The van der Waals surface area contributed by atoms with Gasteiger partial charge in [-0.05, 0) is 43.0 Å². The van der Waals surface area contributed by atoms with Crippen molar-refractivity contribution in [2.75, 3.05) is 0 Å². The molecule has 2 aromatic rings. The van der Waals surface area contributed by atoms with E-state index < -0.39 is 0 Å². The average molecular weight is 329 g/mol. The zero-order chi connectivity index (χ0) is 16.9. The van der Waals surface area contributed by atoms with Crippen LogP contribution in [0.3, 0.4) is 0 Å². The highest BCUT2D eigenvalue weighted by Crippen LogP contribution is 2.24. The molecule has 0 radical (unpaired) electrons. The minimum atomic E-state index is -0.0194. The molecule has 0 unspecified atom stereocenters. The molecule has 0 saturated heterocycles. The van der Waals surface area contributed by atoms with Crippen LogP contribution in [-0.4, -0.2) is 22.1 Å². The molecular weight excluding hydrogens is 306 g/mol. The van der Waals surface area contributed by atoms with Crippen molar-refractivity contribution in [2.45, 2.75) is 52.2 Å². The normalized spacial score (nSPS) is 20.6. The first kappa shape index (κ1) is 16.5. The second-order valence-electron chi connectivity index (χ2n) is 6.38. The van der Waals surface area contributed by atoms with Gasteiger partial charge in [0, 0.05) is 18.5 Å². The van der Waals surface area contributed by atoms with Crippen LogP contribution in [0.1, 0.15) is 54.7 Å². The maximum atomic E-state index is 12.4. The number of nitrogens with zero attached hydrogens (tertiary/aromatic N) is 2. The van der Waals surface area contributed by atoms with Crippen LogP contribution < -0.4 is 10.1 Å². The number of ether oxygens (including phenoxy) is 1. The van der Waals surface area contributed by atoms with Crippen molar-refractivity contribution in [3.8, 4) is 5.75 Å². The summed E-state index contributed by atoms with van der Waals surface area (Å²) < 4.78 is 10.5. The maximum absolute atomic E-state index is 12.4. The lowest BCUT2D eigenvalue weighted by atomic mass is 9.86. The third-order valence-electron chi connectivity index (χ3n) is 4.48. The van der Waals surface area contributed by atoms with E-state index in [-0.39, 0.29) is 18.6 Å². The lowest BCUT2D eigenvalue weighted by Gasteiger charge is -2.29. The maximum Gasteiger partial charge on any atom is 0.251 e. The van der Waals surface area contributed by atoms with E-state index in [4.69, 9.17) is 9.26 Å². The predicted octanol–water partition coefficient (Wildman–Crippen LogP) is 3.27. The largest absolute Gasteiger partial charge is 0.485 e. The summed E-state index contributed by atoms with van der Waals surface area (Å²) >= 11 is 0. The Morgan fingerprint density at radius 3 is 2.71 bits per heavy atom. The number of carbonyl (C=O) groups excluding carboxylic acids is 1. The second kappa shape index (κ2) is 7.47. The molecule has 1 fully saturated rings. The molecule has 3 rings (SSSR count). The molecule has 0 bridgehead atoms. The molecule has 1 aliphatic carbocycles. The Balaban J connectivity index is 1.54. The molecule has 0 aliphatic heterocycles. The molecule has 1 aliphatic rings. The predicted molar refractivity (Wildman–Crippen MR) is 88.7 cm³/mol. The van der Waals surface area contributed by atoms with Crippen LogP contribution in [0.5, 0.6) is 5.75 Å². The molecule has 1 saturated carbocycles. The summed E-state index contributed by atoms with van der Waals surface area (Å²) in [6, 6.07) is 7.40. The highest BCUT2D eigenvalue weighted by molar-refractivity contribution is 5.94. The molecule has 1 amide bonds. The van der Waals surface area contributed by atoms with E-state index in [9.17, 15) is 4.79 Å². The highest BCUT2D eigenvalue weighted by atomic mass is 16.5. The van der Waals surface area contributed by atoms with E-state index in [0.29, 0.717) is 28.9 Å². The molecular formula is C18H23N3O3. The van der Waals surface area contributed by atoms with E-state index in [2.05, 4.69) is 22.4 Å². The van der Waals surface area contributed by atoms with Crippen LogP contribution in [0, 0.1) is 12.8 Å². The molecule has 1 heterocycles. The van der Waals surface area contributed by atoms with Crippen LogP contribution in [0.25, 0.3) is 0 Å². The van der Waals surface area contributed by atoms with Gasteiger partial charge in [-0.2, -0.15) is 4.98 Å². The van der Waals surface area contributed by atoms with Crippen molar-refractivity contribution in [1.29, 1.82) is 0 Å². The minimum Gasteiger partial charge on any atom is -0.485 e. The number of amides is 1. The zero-order valence-electron chi connectivity index (χ0n) is 14.1. The lowest BCUT2D eigenvalue weighted by molar-refractivity contribution is 0.0910. The summed E-state index contributed by atoms with van der Waals surface area (Å²) in [6.45, 7) is 4.18. The van der Waals surface area contributed by atoms with Gasteiger partial charge in [0.15, 0.2) is 6.61 Å². The van der Waals surface area contributed by atoms with E-state index >= 15 is 0 Å². The van der Waals surface area contributed by atoms with Gasteiger partial charge in [-0.1, -0.05) is 24.9 Å². The Kier molecular flexibility index (Phi) is 5.13. The van der Waals surface area contributed by atoms with Gasteiger partial charge in [0.2, 0.25) is 11.7 Å². The number of benzene rings is 1. The quantitative estimate of drug-likeness (QED) is 0.911. The van der Waals surface area contributed by atoms with Crippen LogP contribution in [-0.2, 0) is 6.61 Å². The third-order valence-corrected chi connectivity index (χ3v) is 4.48. The fraction of sp³-hybridized carbons (Fsp3) is 0.500. The number of hydrogen-bond acceptors (Lipinski definition) is 5. The molecule has 6 nitrogen and oxygen atoms in total. The van der Waals surface area contributed by atoms with Gasteiger partial charge in [-0.3, -0.25) is 4.79 Å². The van der Waals surface area contributed by atoms with Crippen molar-refractivity contribution in [3.63, 3.8) is 0 Å². The Hall–Kier alpha value is -2.37. The molecule has 6 heteroatoms. The van der Waals surface area contributed by atoms with Crippen molar-refractivity contribution in [2.24, 2.45) is 5.92 Å². The van der Waals surface area contributed by atoms with Crippen LogP contribution >= 0.6 is 0 Å². The molecule has 1 aromatic carbocycles. The van der Waals surface area contributed by atoms with Gasteiger partial charge in [0.25, 0.3) is 5.91 Å². The Morgan fingerprint density at radius 2 is 2.04 bits per heavy atom. The standard InChI is InChI=1S/C18H23N3O3/c1-12-5-3-4-6-16(12)20-18(22)14-7-9-15(10-8-14)23-11-17-19-13(2)24-21-17/h7-10,12,16H,3-6,11H2,1-2H3,(H,20,22)/t12-,16-/m0/s1. The molecule has 2 atom stereocenters. The molecule has 24 heavy (non-hydrogen) atoms. The van der Waals surface area contributed by atoms with E-state index in [1.54, 1.807) is 31.2 Å². The fourth-order valence-corrected chi connectivity index (χ4v) is 3.03. The summed E-state index contributed by atoms with van der Waals surface area (Å²) in [5, 5.41) is 6.93. The van der Waals surface area contributed by atoms with Gasteiger partial charge in [0.1, 0.15) is 5.75 Å². The minimum absolute atomic E-state index is 0.0194. The number of carbonyl (C=O) groups is 1. The van der Waals surface area contributed by atoms with Crippen molar-refractivity contribution < 1.29 is 14.1 Å². The average Bonchev–Trinajstić information content (AvgIpc) is 3.01. The van der Waals surface area contributed by atoms with Crippen molar-refractivity contribution in [1.82, 2.24) is 15.5 Å². The number of rotatable bonds is 5. The highest BCUT2D eigenvalue weighted by Gasteiger charge is 2.23. The third kappa shape index (κ3) is 4.13. The lowest BCUT2D eigenvalue weighted by Crippen LogP contribution is -2.41.